The SMILES string of the molecule is CCNC(=NCCCc1cnn(C)c1)NCCc1ccc(OCC)c(OCC)c1.I. The quantitative estimate of drug-likeness (QED) is 0.191. The molecule has 1 heterocycles. The van der Waals surface area contributed by atoms with E-state index in [0.29, 0.717) is 13.2 Å². The third-order valence-electron chi connectivity index (χ3n) is 4.31. The number of aromatic nitrogens is 2. The second-order valence-corrected chi connectivity index (χ2v) is 6.71. The highest BCUT2D eigenvalue weighted by Crippen LogP contribution is 2.28. The third kappa shape index (κ3) is 9.23. The van der Waals surface area contributed by atoms with E-state index in [4.69, 9.17) is 9.47 Å². The summed E-state index contributed by atoms with van der Waals surface area (Å²) in [6.07, 6.45) is 6.84. The van der Waals surface area contributed by atoms with Crippen LogP contribution in [0, 0.1) is 0 Å². The van der Waals surface area contributed by atoms with Crippen LogP contribution < -0.4 is 20.1 Å². The minimum absolute atomic E-state index is 0. The molecule has 0 bridgehead atoms. The largest absolute Gasteiger partial charge is 0.490 e. The van der Waals surface area contributed by atoms with Crippen LogP contribution in [-0.2, 0) is 19.9 Å². The highest BCUT2D eigenvalue weighted by atomic mass is 127. The zero-order chi connectivity index (χ0) is 20.9. The summed E-state index contributed by atoms with van der Waals surface area (Å²) >= 11 is 0. The third-order valence-corrected chi connectivity index (χ3v) is 4.31. The number of aliphatic imine (C=N–C) groups is 1. The molecule has 2 N–H and O–H groups in total. The molecule has 0 atom stereocenters. The number of aryl methyl sites for hydroxylation is 2. The Bertz CT molecular complexity index is 764. The maximum absolute atomic E-state index is 5.71. The van der Waals surface area contributed by atoms with Crippen LogP contribution in [0.25, 0.3) is 0 Å². The maximum Gasteiger partial charge on any atom is 0.191 e. The lowest BCUT2D eigenvalue weighted by atomic mass is 10.1. The molecule has 0 saturated heterocycles. The van der Waals surface area contributed by atoms with Crippen LogP contribution in [-0.4, -0.2) is 48.6 Å². The van der Waals surface area contributed by atoms with Crippen molar-refractivity contribution in [2.24, 2.45) is 12.0 Å². The number of benzene rings is 1. The Kier molecular flexibility index (Phi) is 13.0. The van der Waals surface area contributed by atoms with Crippen LogP contribution >= 0.6 is 24.0 Å². The van der Waals surface area contributed by atoms with Gasteiger partial charge in [-0.1, -0.05) is 6.07 Å². The average molecular weight is 529 g/mol. The van der Waals surface area contributed by atoms with Gasteiger partial charge in [0.2, 0.25) is 0 Å². The number of nitrogens with one attached hydrogen (secondary N) is 2. The molecule has 168 valence electrons. The van der Waals surface area contributed by atoms with Crippen molar-refractivity contribution in [3.63, 3.8) is 0 Å². The Morgan fingerprint density at radius 2 is 1.80 bits per heavy atom. The Labute approximate surface area is 197 Å². The Morgan fingerprint density at radius 3 is 2.47 bits per heavy atom. The molecule has 0 fully saturated rings. The first-order chi connectivity index (χ1) is 14.2. The molecule has 2 aromatic rings. The predicted octanol–water partition coefficient (Wildman–Crippen LogP) is 3.57. The van der Waals surface area contributed by atoms with Gasteiger partial charge in [-0.2, -0.15) is 5.10 Å². The second-order valence-electron chi connectivity index (χ2n) is 6.71. The van der Waals surface area contributed by atoms with Gasteiger partial charge >= 0.3 is 0 Å². The van der Waals surface area contributed by atoms with Gasteiger partial charge in [0.1, 0.15) is 0 Å². The van der Waals surface area contributed by atoms with E-state index < -0.39 is 0 Å². The zero-order valence-corrected chi connectivity index (χ0v) is 20.9. The fourth-order valence-electron chi connectivity index (χ4n) is 2.99. The Hall–Kier alpha value is -1.97. The summed E-state index contributed by atoms with van der Waals surface area (Å²) in [7, 11) is 1.94. The van der Waals surface area contributed by atoms with Gasteiger partial charge in [0.25, 0.3) is 0 Å². The standard InChI is InChI=1S/C22H35N5O2.HI/c1-5-23-22(24-13-8-9-19-16-26-27(4)17-19)25-14-12-18-10-11-20(28-6-2)21(15-18)29-7-3;/h10-11,15-17H,5-9,12-14H2,1-4H3,(H2,23,24,25);1H. The number of halogens is 1. The molecule has 0 aliphatic rings. The summed E-state index contributed by atoms with van der Waals surface area (Å²) in [6.45, 7) is 9.71. The number of ether oxygens (including phenoxy) is 2. The van der Waals surface area contributed by atoms with Crippen LogP contribution in [0.3, 0.4) is 0 Å². The monoisotopic (exact) mass is 529 g/mol. The van der Waals surface area contributed by atoms with Crippen molar-refractivity contribution in [1.29, 1.82) is 0 Å². The van der Waals surface area contributed by atoms with Crippen molar-refractivity contribution in [2.75, 3.05) is 32.8 Å². The Balaban J connectivity index is 0.00000450. The summed E-state index contributed by atoms with van der Waals surface area (Å²) in [5.74, 6) is 2.46. The van der Waals surface area contributed by atoms with Crippen LogP contribution in [0.2, 0.25) is 0 Å². The van der Waals surface area contributed by atoms with Crippen molar-refractivity contribution < 1.29 is 9.47 Å². The van der Waals surface area contributed by atoms with Crippen LogP contribution in [0.1, 0.15) is 38.3 Å². The van der Waals surface area contributed by atoms with Crippen LogP contribution in [0.15, 0.2) is 35.6 Å². The topological polar surface area (TPSA) is 72.7 Å². The molecule has 0 amide bonds. The fourth-order valence-corrected chi connectivity index (χ4v) is 2.99. The molecule has 0 aliphatic heterocycles. The van der Waals surface area contributed by atoms with Gasteiger partial charge < -0.3 is 20.1 Å². The summed E-state index contributed by atoms with van der Waals surface area (Å²) in [5.41, 5.74) is 2.46. The van der Waals surface area contributed by atoms with E-state index in [0.717, 1.165) is 56.4 Å². The lowest BCUT2D eigenvalue weighted by Crippen LogP contribution is -2.38. The smallest absolute Gasteiger partial charge is 0.191 e. The van der Waals surface area contributed by atoms with Crippen molar-refractivity contribution in [3.8, 4) is 11.5 Å². The van der Waals surface area contributed by atoms with Gasteiger partial charge in [-0.15, -0.1) is 24.0 Å². The lowest BCUT2D eigenvalue weighted by molar-refractivity contribution is 0.287. The normalized spacial score (nSPS) is 11.0. The number of nitrogens with zero attached hydrogens (tertiary/aromatic N) is 3. The molecule has 30 heavy (non-hydrogen) atoms. The zero-order valence-electron chi connectivity index (χ0n) is 18.6. The second kappa shape index (κ2) is 14.9. The Morgan fingerprint density at radius 1 is 1.03 bits per heavy atom. The van der Waals surface area contributed by atoms with E-state index in [9.17, 15) is 0 Å². The summed E-state index contributed by atoms with van der Waals surface area (Å²) < 4.78 is 13.2. The van der Waals surface area contributed by atoms with Crippen LogP contribution in [0.4, 0.5) is 0 Å². The van der Waals surface area contributed by atoms with Gasteiger partial charge in [0.05, 0.1) is 19.4 Å². The number of rotatable bonds is 12. The van der Waals surface area contributed by atoms with E-state index in [1.165, 1.54) is 11.1 Å². The summed E-state index contributed by atoms with van der Waals surface area (Å²) in [5, 5.41) is 10.9. The number of guanidine groups is 1. The molecule has 8 heteroatoms. The van der Waals surface area contributed by atoms with Crippen molar-refractivity contribution >= 4 is 29.9 Å². The lowest BCUT2D eigenvalue weighted by Gasteiger charge is -2.14. The van der Waals surface area contributed by atoms with Gasteiger partial charge in [0, 0.05) is 32.9 Å². The van der Waals surface area contributed by atoms with Gasteiger partial charge in [0.15, 0.2) is 17.5 Å². The minimum atomic E-state index is 0. The van der Waals surface area contributed by atoms with Crippen molar-refractivity contribution in [1.82, 2.24) is 20.4 Å². The van der Waals surface area contributed by atoms with Gasteiger partial charge in [-0.3, -0.25) is 9.67 Å². The summed E-state index contributed by atoms with van der Waals surface area (Å²) in [6, 6.07) is 6.14. The van der Waals surface area contributed by atoms with Gasteiger partial charge in [-0.25, -0.2) is 0 Å². The summed E-state index contributed by atoms with van der Waals surface area (Å²) in [4.78, 5) is 4.67. The van der Waals surface area contributed by atoms with E-state index in [1.54, 1.807) is 0 Å². The molecule has 1 aromatic heterocycles. The first-order valence-corrected chi connectivity index (χ1v) is 10.5. The number of hydrogen-bond acceptors (Lipinski definition) is 4. The van der Waals surface area contributed by atoms with Gasteiger partial charge in [-0.05, 0) is 63.3 Å². The molecular weight excluding hydrogens is 493 g/mol. The van der Waals surface area contributed by atoms with Crippen molar-refractivity contribution in [3.05, 3.63) is 41.7 Å². The van der Waals surface area contributed by atoms with E-state index in [2.05, 4.69) is 46.0 Å². The molecule has 0 unspecified atom stereocenters. The molecular formula is C22H36IN5O2. The van der Waals surface area contributed by atoms with E-state index in [1.807, 2.05) is 37.8 Å². The van der Waals surface area contributed by atoms with Crippen LogP contribution in [0.5, 0.6) is 11.5 Å². The molecule has 0 spiro atoms. The average Bonchev–Trinajstić information content (AvgIpc) is 3.12. The molecule has 0 saturated carbocycles. The molecule has 0 radical (unpaired) electrons. The predicted molar refractivity (Wildman–Crippen MR) is 133 cm³/mol. The first-order valence-electron chi connectivity index (χ1n) is 10.5. The molecule has 1 aromatic carbocycles. The molecule has 7 nitrogen and oxygen atoms in total. The molecule has 0 aliphatic carbocycles. The molecule has 2 rings (SSSR count). The van der Waals surface area contributed by atoms with E-state index in [-0.39, 0.29) is 24.0 Å². The van der Waals surface area contributed by atoms with Crippen molar-refractivity contribution in [2.45, 2.75) is 40.0 Å². The minimum Gasteiger partial charge on any atom is -0.490 e. The van der Waals surface area contributed by atoms with E-state index >= 15 is 0 Å². The highest BCUT2D eigenvalue weighted by molar-refractivity contribution is 14.0. The first kappa shape index (κ1) is 26.1. The maximum atomic E-state index is 5.71. The highest BCUT2D eigenvalue weighted by Gasteiger charge is 2.06. The fraction of sp³-hybridized carbons (Fsp3) is 0.545. The number of hydrogen-bond donors (Lipinski definition) is 2.